The van der Waals surface area contributed by atoms with Crippen LogP contribution in [0.5, 0.6) is 0 Å². The molecule has 0 atom stereocenters. The largest absolute Gasteiger partial charge is 0.347 e. The van der Waals surface area contributed by atoms with E-state index >= 15 is 0 Å². The maximum absolute atomic E-state index is 3.92. The van der Waals surface area contributed by atoms with Gasteiger partial charge in [-0.1, -0.05) is 64.1 Å². The number of nitrogens with zero attached hydrogens (tertiary/aromatic N) is 2. The van der Waals surface area contributed by atoms with Crippen LogP contribution < -0.4 is 4.90 Å². The van der Waals surface area contributed by atoms with E-state index in [1.807, 2.05) is 6.08 Å². The van der Waals surface area contributed by atoms with Crippen molar-refractivity contribution >= 4 is 11.4 Å². The molecule has 2 aliphatic heterocycles. The van der Waals surface area contributed by atoms with E-state index in [-0.39, 0.29) is 10.8 Å². The van der Waals surface area contributed by atoms with Crippen molar-refractivity contribution in [2.75, 3.05) is 19.0 Å². The van der Waals surface area contributed by atoms with Crippen LogP contribution in [0.15, 0.2) is 78.2 Å². The molecule has 0 amide bonds. The summed E-state index contributed by atoms with van der Waals surface area (Å²) in [6, 6.07) is 6.98. The van der Waals surface area contributed by atoms with Gasteiger partial charge in [0.1, 0.15) is 7.05 Å². The molecular weight excluding hydrogens is 376 g/mol. The van der Waals surface area contributed by atoms with Crippen molar-refractivity contribution in [1.29, 1.82) is 0 Å². The van der Waals surface area contributed by atoms with Crippen LogP contribution in [-0.4, -0.2) is 24.4 Å². The molecule has 2 heterocycles. The van der Waals surface area contributed by atoms with E-state index in [0.29, 0.717) is 0 Å². The smallest absolute Gasteiger partial charge is 0.205 e. The SMILES string of the molecule is C=C/C=C1\C(=C/C)[N+](C)=C(/C=C/C=C2/N(C)c3ccc(CCC)cc3C2(C)C)C1(C)C. The molecule has 0 saturated carbocycles. The zero-order valence-corrected chi connectivity index (χ0v) is 20.7. The van der Waals surface area contributed by atoms with Gasteiger partial charge in [0.15, 0.2) is 5.71 Å². The first-order valence-corrected chi connectivity index (χ1v) is 11.5. The second-order valence-electron chi connectivity index (χ2n) is 9.76. The Labute approximate surface area is 189 Å². The second kappa shape index (κ2) is 8.49. The molecule has 2 heteroatoms. The van der Waals surface area contributed by atoms with Gasteiger partial charge in [-0.15, -0.1) is 0 Å². The molecule has 0 aromatic heterocycles. The molecule has 2 aliphatic rings. The third-order valence-corrected chi connectivity index (χ3v) is 7.01. The van der Waals surface area contributed by atoms with E-state index in [4.69, 9.17) is 0 Å². The van der Waals surface area contributed by atoms with Gasteiger partial charge >= 0.3 is 0 Å². The van der Waals surface area contributed by atoms with Crippen LogP contribution in [0.3, 0.4) is 0 Å². The first-order chi connectivity index (χ1) is 14.6. The van der Waals surface area contributed by atoms with Gasteiger partial charge in [0.25, 0.3) is 0 Å². The Hall–Kier alpha value is -2.61. The summed E-state index contributed by atoms with van der Waals surface area (Å²) in [5, 5.41) is 0. The molecule has 0 saturated heterocycles. The van der Waals surface area contributed by atoms with Gasteiger partial charge in [-0.25, -0.2) is 0 Å². The highest BCUT2D eigenvalue weighted by molar-refractivity contribution is 6.00. The van der Waals surface area contributed by atoms with Gasteiger partial charge < -0.3 is 4.90 Å². The maximum Gasteiger partial charge on any atom is 0.205 e. The minimum Gasteiger partial charge on any atom is -0.347 e. The number of rotatable bonds is 5. The lowest BCUT2D eigenvalue weighted by atomic mass is 9.80. The summed E-state index contributed by atoms with van der Waals surface area (Å²) < 4.78 is 2.31. The minimum atomic E-state index is -0.0606. The van der Waals surface area contributed by atoms with E-state index in [2.05, 4.69) is 120 Å². The number of hydrogen-bond donors (Lipinski definition) is 0. The van der Waals surface area contributed by atoms with E-state index < -0.39 is 0 Å². The molecule has 0 aliphatic carbocycles. The zero-order chi connectivity index (χ0) is 23.0. The average Bonchev–Trinajstić information content (AvgIpc) is 3.01. The molecule has 1 aromatic carbocycles. The molecule has 0 spiro atoms. The normalized spacial score (nSPS) is 23.6. The fourth-order valence-corrected chi connectivity index (χ4v) is 5.33. The van der Waals surface area contributed by atoms with Crippen molar-refractivity contribution in [2.45, 2.75) is 59.8 Å². The van der Waals surface area contributed by atoms with Crippen LogP contribution >= 0.6 is 0 Å². The van der Waals surface area contributed by atoms with Crippen LogP contribution in [0.1, 0.15) is 59.1 Å². The van der Waals surface area contributed by atoms with E-state index in [9.17, 15) is 0 Å². The Bertz CT molecular complexity index is 1040. The average molecular weight is 416 g/mol. The third kappa shape index (κ3) is 3.78. The molecule has 0 bridgehead atoms. The van der Waals surface area contributed by atoms with Crippen molar-refractivity contribution < 1.29 is 4.58 Å². The Kier molecular flexibility index (Phi) is 6.32. The van der Waals surface area contributed by atoms with Crippen LogP contribution in [0.25, 0.3) is 0 Å². The fraction of sp³-hybridized carbons (Fsp3) is 0.414. The van der Waals surface area contributed by atoms with Gasteiger partial charge in [-0.2, -0.15) is 4.58 Å². The fourth-order valence-electron chi connectivity index (χ4n) is 5.33. The predicted molar refractivity (Wildman–Crippen MR) is 136 cm³/mol. The lowest BCUT2D eigenvalue weighted by molar-refractivity contribution is -0.434. The lowest BCUT2D eigenvalue weighted by Crippen LogP contribution is -2.23. The van der Waals surface area contributed by atoms with Crippen molar-refractivity contribution in [3.05, 3.63) is 89.3 Å². The summed E-state index contributed by atoms with van der Waals surface area (Å²) in [7, 11) is 4.35. The molecule has 31 heavy (non-hydrogen) atoms. The Morgan fingerprint density at radius 1 is 1.10 bits per heavy atom. The van der Waals surface area contributed by atoms with Gasteiger partial charge in [-0.05, 0) is 56.5 Å². The molecule has 3 rings (SSSR count). The number of aryl methyl sites for hydroxylation is 1. The first kappa shape index (κ1) is 23.1. The van der Waals surface area contributed by atoms with Crippen molar-refractivity contribution in [3.8, 4) is 0 Å². The first-order valence-electron chi connectivity index (χ1n) is 11.5. The molecule has 0 unspecified atom stereocenters. The Balaban J connectivity index is 1.99. The molecule has 0 fully saturated rings. The highest BCUT2D eigenvalue weighted by Crippen LogP contribution is 2.47. The second-order valence-corrected chi connectivity index (χ2v) is 9.76. The van der Waals surface area contributed by atoms with Gasteiger partial charge in [0, 0.05) is 35.5 Å². The summed E-state index contributed by atoms with van der Waals surface area (Å²) in [6.07, 6.45) is 15.3. The minimum absolute atomic E-state index is 0.0116. The summed E-state index contributed by atoms with van der Waals surface area (Å²) in [5.74, 6) is 0. The summed E-state index contributed by atoms with van der Waals surface area (Å²) >= 11 is 0. The number of benzene rings is 1. The standard InChI is InChI=1S/C29H39N2/c1-10-14-21-18-19-25-23(20-21)29(6,7)27(31(25)9)17-13-16-26-28(4,5)22(15-11-2)24(12-3)30(26)8/h11-13,15-20H,2,10,14H2,1,3-9H3/q+1/b22-15+,24-12+. The lowest BCUT2D eigenvalue weighted by Gasteiger charge is -2.23. The number of likely N-dealkylation sites (N-methyl/N-ethyl adjacent to an activating group) is 2. The molecule has 0 radical (unpaired) electrons. The van der Waals surface area contributed by atoms with Crippen molar-refractivity contribution in [3.63, 3.8) is 0 Å². The van der Waals surface area contributed by atoms with Gasteiger partial charge in [0.2, 0.25) is 5.70 Å². The topological polar surface area (TPSA) is 6.25 Å². The predicted octanol–water partition coefficient (Wildman–Crippen LogP) is 6.95. The van der Waals surface area contributed by atoms with E-state index in [0.717, 1.165) is 6.42 Å². The molecule has 164 valence electrons. The summed E-state index contributed by atoms with van der Waals surface area (Å²) in [6.45, 7) is 17.5. The molecule has 0 N–H and O–H groups in total. The molecule has 2 nitrogen and oxygen atoms in total. The van der Waals surface area contributed by atoms with Crippen LogP contribution in [0, 0.1) is 5.41 Å². The highest BCUT2D eigenvalue weighted by Gasteiger charge is 2.45. The molecular formula is C29H39N2+. The highest BCUT2D eigenvalue weighted by atomic mass is 15.2. The van der Waals surface area contributed by atoms with Gasteiger partial charge in [0.05, 0.1) is 5.41 Å². The van der Waals surface area contributed by atoms with Crippen LogP contribution in [-0.2, 0) is 11.8 Å². The van der Waals surface area contributed by atoms with E-state index in [1.54, 1.807) is 0 Å². The van der Waals surface area contributed by atoms with Crippen LogP contribution in [0.4, 0.5) is 5.69 Å². The number of fused-ring (bicyclic) bond motifs is 1. The number of allylic oxidation sites excluding steroid dienone is 8. The molecule has 1 aromatic rings. The van der Waals surface area contributed by atoms with Crippen molar-refractivity contribution in [1.82, 2.24) is 0 Å². The Morgan fingerprint density at radius 2 is 1.81 bits per heavy atom. The summed E-state index contributed by atoms with van der Waals surface area (Å²) in [4.78, 5) is 2.35. The number of anilines is 1. The monoisotopic (exact) mass is 415 g/mol. The van der Waals surface area contributed by atoms with Crippen LogP contribution in [0.2, 0.25) is 0 Å². The summed E-state index contributed by atoms with van der Waals surface area (Å²) in [5.41, 5.74) is 9.32. The zero-order valence-electron chi connectivity index (χ0n) is 20.7. The Morgan fingerprint density at radius 3 is 2.42 bits per heavy atom. The van der Waals surface area contributed by atoms with E-state index in [1.165, 1.54) is 45.9 Å². The number of hydrogen-bond acceptors (Lipinski definition) is 1. The van der Waals surface area contributed by atoms with Gasteiger partial charge in [-0.3, -0.25) is 0 Å². The maximum atomic E-state index is 3.92. The van der Waals surface area contributed by atoms with Crippen molar-refractivity contribution in [2.24, 2.45) is 5.41 Å². The third-order valence-electron chi connectivity index (χ3n) is 7.01. The quantitative estimate of drug-likeness (QED) is 0.472.